The molecule has 0 atom stereocenters. The lowest BCUT2D eigenvalue weighted by atomic mass is 9.98. The zero-order chi connectivity index (χ0) is 12.7. The van der Waals surface area contributed by atoms with Crippen molar-refractivity contribution in [3.8, 4) is 5.75 Å². The van der Waals surface area contributed by atoms with Gasteiger partial charge in [-0.3, -0.25) is 0 Å². The van der Waals surface area contributed by atoms with Gasteiger partial charge >= 0.3 is 0 Å². The third-order valence-electron chi connectivity index (χ3n) is 3.31. The Labute approximate surface area is 106 Å². The molecule has 0 bridgehead atoms. The van der Waals surface area contributed by atoms with E-state index in [0.29, 0.717) is 5.75 Å². The van der Waals surface area contributed by atoms with Gasteiger partial charge in [0, 0.05) is 0 Å². The van der Waals surface area contributed by atoms with Crippen LogP contribution in [0.15, 0.2) is 12.1 Å². The molecule has 1 N–H and O–H groups in total. The molecule has 0 aliphatic carbocycles. The molecule has 0 aromatic heterocycles. The molecule has 0 aliphatic heterocycles. The van der Waals surface area contributed by atoms with E-state index in [-0.39, 0.29) is 0 Å². The van der Waals surface area contributed by atoms with Gasteiger partial charge in [-0.25, -0.2) is 0 Å². The first-order chi connectivity index (χ1) is 8.19. The van der Waals surface area contributed by atoms with Crippen molar-refractivity contribution in [2.24, 2.45) is 0 Å². The minimum absolute atomic E-state index is 0.512. The fraction of sp³-hybridized carbons (Fsp3) is 0.625. The molecule has 1 nitrogen and oxygen atoms in total. The average Bonchev–Trinajstić information content (AvgIpc) is 2.32. The lowest BCUT2D eigenvalue weighted by Crippen LogP contribution is -1.93. The summed E-state index contributed by atoms with van der Waals surface area (Å²) in [7, 11) is 0. The largest absolute Gasteiger partial charge is 0.507 e. The minimum Gasteiger partial charge on any atom is -0.507 e. The maximum Gasteiger partial charge on any atom is 0.121 e. The molecule has 1 rings (SSSR count). The van der Waals surface area contributed by atoms with Crippen LogP contribution < -0.4 is 0 Å². The summed E-state index contributed by atoms with van der Waals surface area (Å²) in [5.74, 6) is 0.512. The predicted molar refractivity (Wildman–Crippen MR) is 74.7 cm³/mol. The Morgan fingerprint density at radius 2 is 1.65 bits per heavy atom. The highest BCUT2D eigenvalue weighted by Gasteiger charge is 2.06. The summed E-state index contributed by atoms with van der Waals surface area (Å²) in [4.78, 5) is 0. The van der Waals surface area contributed by atoms with E-state index in [1.165, 1.54) is 31.2 Å². The number of rotatable bonds is 7. The first-order valence-electron chi connectivity index (χ1n) is 7.00. The van der Waals surface area contributed by atoms with E-state index in [0.717, 1.165) is 30.4 Å². The molecule has 1 aromatic carbocycles. The summed E-state index contributed by atoms with van der Waals surface area (Å²) in [5, 5.41) is 10.0. The van der Waals surface area contributed by atoms with Gasteiger partial charge in [-0.1, -0.05) is 45.2 Å². The van der Waals surface area contributed by atoms with Crippen molar-refractivity contribution in [1.82, 2.24) is 0 Å². The van der Waals surface area contributed by atoms with Crippen molar-refractivity contribution in [3.05, 3.63) is 28.8 Å². The Kier molecular flexibility index (Phi) is 6.10. The highest BCUT2D eigenvalue weighted by atomic mass is 16.3. The lowest BCUT2D eigenvalue weighted by Gasteiger charge is -2.10. The van der Waals surface area contributed by atoms with Crippen molar-refractivity contribution in [1.29, 1.82) is 0 Å². The number of hydrogen-bond donors (Lipinski definition) is 1. The second-order valence-electron chi connectivity index (χ2n) is 4.98. The summed E-state index contributed by atoms with van der Waals surface area (Å²) in [6, 6.07) is 4.34. The SMILES string of the molecule is CCCCCc1cc(C)c(O)c(CCCC)c1. The average molecular weight is 234 g/mol. The fourth-order valence-corrected chi connectivity index (χ4v) is 2.21. The van der Waals surface area contributed by atoms with Gasteiger partial charge in [-0.15, -0.1) is 0 Å². The number of unbranched alkanes of at least 4 members (excludes halogenated alkanes) is 3. The molecule has 1 aromatic rings. The summed E-state index contributed by atoms with van der Waals surface area (Å²) < 4.78 is 0. The number of benzene rings is 1. The second-order valence-corrected chi connectivity index (χ2v) is 4.98. The molecule has 0 radical (unpaired) electrons. The number of aryl methyl sites for hydroxylation is 3. The van der Waals surface area contributed by atoms with Gasteiger partial charge in [0.15, 0.2) is 0 Å². The Morgan fingerprint density at radius 3 is 2.29 bits per heavy atom. The van der Waals surface area contributed by atoms with Gasteiger partial charge in [0.2, 0.25) is 0 Å². The van der Waals surface area contributed by atoms with E-state index >= 15 is 0 Å². The van der Waals surface area contributed by atoms with Gasteiger partial charge in [0.1, 0.15) is 5.75 Å². The van der Waals surface area contributed by atoms with Gasteiger partial charge in [-0.2, -0.15) is 0 Å². The van der Waals surface area contributed by atoms with Crippen LogP contribution in [0.4, 0.5) is 0 Å². The Bertz CT molecular complexity index is 342. The molecule has 0 amide bonds. The molecule has 0 aliphatic rings. The monoisotopic (exact) mass is 234 g/mol. The maximum atomic E-state index is 10.0. The molecule has 96 valence electrons. The van der Waals surface area contributed by atoms with Crippen molar-refractivity contribution in [3.63, 3.8) is 0 Å². The van der Waals surface area contributed by atoms with E-state index < -0.39 is 0 Å². The Balaban J connectivity index is 2.74. The zero-order valence-corrected chi connectivity index (χ0v) is 11.6. The number of phenolic OH excluding ortho intramolecular Hbond substituents is 1. The van der Waals surface area contributed by atoms with E-state index in [2.05, 4.69) is 26.0 Å². The smallest absolute Gasteiger partial charge is 0.121 e. The molecular weight excluding hydrogens is 208 g/mol. The Morgan fingerprint density at radius 1 is 0.941 bits per heavy atom. The van der Waals surface area contributed by atoms with Crippen LogP contribution in [0.25, 0.3) is 0 Å². The molecule has 0 spiro atoms. The zero-order valence-electron chi connectivity index (χ0n) is 11.6. The van der Waals surface area contributed by atoms with Crippen molar-refractivity contribution in [2.75, 3.05) is 0 Å². The molecular formula is C16H26O. The van der Waals surface area contributed by atoms with Crippen LogP contribution in [0.1, 0.15) is 62.6 Å². The summed E-state index contributed by atoms with van der Waals surface area (Å²) >= 11 is 0. The van der Waals surface area contributed by atoms with Crippen LogP contribution in [0.5, 0.6) is 5.75 Å². The third kappa shape index (κ3) is 4.41. The molecule has 0 saturated carbocycles. The molecule has 0 heterocycles. The fourth-order valence-electron chi connectivity index (χ4n) is 2.21. The highest BCUT2D eigenvalue weighted by Crippen LogP contribution is 2.26. The highest BCUT2D eigenvalue weighted by molar-refractivity contribution is 5.43. The van der Waals surface area contributed by atoms with Gasteiger partial charge in [0.05, 0.1) is 0 Å². The number of phenols is 1. The molecule has 0 fully saturated rings. The van der Waals surface area contributed by atoms with Crippen molar-refractivity contribution >= 4 is 0 Å². The quantitative estimate of drug-likeness (QED) is 0.673. The van der Waals surface area contributed by atoms with Gasteiger partial charge in [-0.05, 0) is 49.3 Å². The minimum atomic E-state index is 0.512. The summed E-state index contributed by atoms with van der Waals surface area (Å²) in [6.07, 6.45) is 8.31. The standard InChI is InChI=1S/C16H26O/c1-4-6-8-9-14-11-13(3)16(17)15(12-14)10-7-5-2/h11-12,17H,4-10H2,1-3H3. The summed E-state index contributed by atoms with van der Waals surface area (Å²) in [6.45, 7) is 6.43. The normalized spacial score (nSPS) is 10.8. The van der Waals surface area contributed by atoms with Crippen LogP contribution >= 0.6 is 0 Å². The topological polar surface area (TPSA) is 20.2 Å². The second kappa shape index (κ2) is 7.37. The van der Waals surface area contributed by atoms with Crippen LogP contribution in [-0.4, -0.2) is 5.11 Å². The number of aromatic hydroxyl groups is 1. The van der Waals surface area contributed by atoms with Crippen LogP contribution in [0, 0.1) is 6.92 Å². The van der Waals surface area contributed by atoms with Crippen LogP contribution in [0.2, 0.25) is 0 Å². The molecule has 0 unspecified atom stereocenters. The van der Waals surface area contributed by atoms with E-state index in [1.54, 1.807) is 0 Å². The number of hydrogen-bond acceptors (Lipinski definition) is 1. The van der Waals surface area contributed by atoms with Crippen molar-refractivity contribution in [2.45, 2.75) is 65.7 Å². The van der Waals surface area contributed by atoms with Crippen LogP contribution in [0.3, 0.4) is 0 Å². The molecule has 1 heteroatoms. The predicted octanol–water partition coefficient (Wildman–Crippen LogP) is 4.78. The van der Waals surface area contributed by atoms with Crippen molar-refractivity contribution < 1.29 is 5.11 Å². The summed E-state index contributed by atoms with van der Waals surface area (Å²) in [5.41, 5.74) is 3.56. The molecule has 17 heavy (non-hydrogen) atoms. The first-order valence-corrected chi connectivity index (χ1v) is 7.00. The van der Waals surface area contributed by atoms with E-state index in [4.69, 9.17) is 0 Å². The first kappa shape index (κ1) is 14.1. The van der Waals surface area contributed by atoms with E-state index in [1.807, 2.05) is 6.92 Å². The van der Waals surface area contributed by atoms with Crippen LogP contribution in [-0.2, 0) is 12.8 Å². The molecule has 0 saturated heterocycles. The lowest BCUT2D eigenvalue weighted by molar-refractivity contribution is 0.462. The maximum absolute atomic E-state index is 10.0. The van der Waals surface area contributed by atoms with E-state index in [9.17, 15) is 5.11 Å². The third-order valence-corrected chi connectivity index (χ3v) is 3.31. The van der Waals surface area contributed by atoms with Gasteiger partial charge in [0.25, 0.3) is 0 Å². The Hall–Kier alpha value is -0.980. The van der Waals surface area contributed by atoms with Gasteiger partial charge < -0.3 is 5.11 Å².